The Balaban J connectivity index is 0. The predicted molar refractivity (Wildman–Crippen MR) is 214 cm³/mol. The van der Waals surface area contributed by atoms with E-state index in [1.807, 2.05) is 13.8 Å². The number of thioether (sulfide) groups is 1. The van der Waals surface area contributed by atoms with Gasteiger partial charge in [-0.05, 0) is 36.5 Å². The topological polar surface area (TPSA) is 178 Å². The molecular formula is C32H58Br3InN2O10S2. The second-order valence-corrected chi connectivity index (χ2v) is 58.7. The summed E-state index contributed by atoms with van der Waals surface area (Å²) in [6, 6.07) is -0.365. The minimum absolute atomic E-state index is 0.0503. The van der Waals surface area contributed by atoms with Gasteiger partial charge in [0.1, 0.15) is 5.44 Å². The predicted octanol–water partition coefficient (Wildman–Crippen LogP) is 6.61. The van der Waals surface area contributed by atoms with Crippen LogP contribution in [-0.2, 0) is 38.2 Å². The van der Waals surface area contributed by atoms with Crippen LogP contribution in [0.4, 0.5) is 0 Å². The first-order valence-electron chi connectivity index (χ1n) is 16.7. The molecule has 0 aliphatic carbocycles. The molecule has 292 valence electrons. The second kappa shape index (κ2) is 27.8. The van der Waals surface area contributed by atoms with E-state index in [9.17, 15) is 24.0 Å². The van der Waals surface area contributed by atoms with E-state index in [2.05, 4.69) is 87.8 Å². The molecule has 2 rings (SSSR count). The molecule has 2 heterocycles. The molecule has 4 N–H and O–H groups in total. The summed E-state index contributed by atoms with van der Waals surface area (Å²) >= 11 is 14.0. The molecule has 4 unspecified atom stereocenters. The van der Waals surface area contributed by atoms with Crippen LogP contribution in [0.15, 0.2) is 0 Å². The first kappa shape index (κ1) is 52.4. The summed E-state index contributed by atoms with van der Waals surface area (Å²) in [6.07, 6.45) is 1.29. The van der Waals surface area contributed by atoms with Crippen LogP contribution in [0.1, 0.15) is 89.0 Å². The standard InChI is InChI=1S/C15H27NO4S.C13H23NO4.C4H8O2S.3BrH.In/c1-6-12-9(3)10(4)13(16-11(5)17)15(20-12)21-7-8(2)14(18)19;1-6-11-7(2)8(3)12(14-9(4)15)13(18-11)17-10(5)16;1-3(2-7)4(5)6;;;;/h8-10,12-13,15H,6-7H2,1-5H3,(H,16,17)(H,18,19);7-8,11-13H,6H2,1-5H3,(H,14,15);3,7H,2H2,1H3,(H,5,6);3*1H;/q;;;;;;+3/p-3/t8-,9-,10-,12?,13?,15-;7-,8-,11?,12?,13+;3-;;;;/m000..../s1. The van der Waals surface area contributed by atoms with Gasteiger partial charge >= 0.3 is 69.2 Å². The molecule has 50 heavy (non-hydrogen) atoms. The fourth-order valence-electron chi connectivity index (χ4n) is 5.19. The van der Waals surface area contributed by atoms with E-state index in [0.29, 0.717) is 29.3 Å². The molecule has 0 saturated carbocycles. The number of thiol groups is 1. The molecule has 12 nitrogen and oxygen atoms in total. The number of esters is 1. The zero-order chi connectivity index (χ0) is 39.5. The van der Waals surface area contributed by atoms with Crippen LogP contribution >= 0.6 is 61.3 Å². The van der Waals surface area contributed by atoms with Gasteiger partial charge < -0.3 is 35.1 Å². The van der Waals surface area contributed by atoms with E-state index in [1.54, 1.807) is 13.8 Å². The van der Waals surface area contributed by atoms with Crippen molar-refractivity contribution in [2.45, 2.75) is 125 Å². The van der Waals surface area contributed by atoms with E-state index in [0.717, 1.165) is 12.8 Å². The number of carbonyl (C=O) groups excluding carboxylic acids is 3. The average Bonchev–Trinajstić information content (AvgIpc) is 3.01. The van der Waals surface area contributed by atoms with Gasteiger partial charge in [0, 0.05) is 32.3 Å². The van der Waals surface area contributed by atoms with Gasteiger partial charge in [-0.1, -0.05) is 55.4 Å². The Bertz CT molecular complexity index is 1050. The molecule has 0 radical (unpaired) electrons. The Morgan fingerprint density at radius 3 is 1.52 bits per heavy atom. The molecule has 2 aliphatic rings. The number of carboxylic acids is 2. The Morgan fingerprint density at radius 2 is 1.18 bits per heavy atom. The normalized spacial score (nSPS) is 29.7. The summed E-state index contributed by atoms with van der Waals surface area (Å²) in [6.45, 7) is 20.2. The quantitative estimate of drug-likeness (QED) is 0.111. The van der Waals surface area contributed by atoms with Gasteiger partial charge in [0.15, 0.2) is 0 Å². The second-order valence-electron chi connectivity index (χ2n) is 12.6. The number of carboxylic acid groups (broad SMARTS) is 2. The average molecular weight is 1050 g/mol. The van der Waals surface area contributed by atoms with Crippen LogP contribution in [0, 0.1) is 35.5 Å². The van der Waals surface area contributed by atoms with Crippen molar-refractivity contribution in [3.05, 3.63) is 0 Å². The number of hydrogen-bond donors (Lipinski definition) is 5. The molecule has 0 aromatic rings. The first-order valence-corrected chi connectivity index (χ1v) is 40.5. The molecule has 0 aromatic heterocycles. The van der Waals surface area contributed by atoms with Crippen molar-refractivity contribution in [2.24, 2.45) is 35.5 Å². The number of nitrogens with one attached hydrogen (secondary N) is 2. The number of hydrogen-bond acceptors (Lipinski definition) is 10. The summed E-state index contributed by atoms with van der Waals surface area (Å²) in [4.78, 5) is 54.6. The van der Waals surface area contributed by atoms with Gasteiger partial charge in [-0.15, -0.1) is 11.8 Å². The van der Waals surface area contributed by atoms with Crippen LogP contribution in [0.2, 0.25) is 0 Å². The van der Waals surface area contributed by atoms with Crippen molar-refractivity contribution in [1.82, 2.24) is 10.6 Å². The van der Waals surface area contributed by atoms with Crippen LogP contribution in [0.25, 0.3) is 0 Å². The fraction of sp³-hybridized carbons (Fsp3) is 0.844. The summed E-state index contributed by atoms with van der Waals surface area (Å²) in [5, 5.41) is 22.9. The van der Waals surface area contributed by atoms with E-state index >= 15 is 0 Å². The molecule has 2 fully saturated rings. The fourth-order valence-corrected chi connectivity index (χ4v) is 6.71. The third-order valence-electron chi connectivity index (χ3n) is 8.62. The molecular weight excluding hydrogens is 991 g/mol. The van der Waals surface area contributed by atoms with Gasteiger partial charge in [-0.2, -0.15) is 12.6 Å². The number of halogens is 3. The zero-order valence-corrected chi connectivity index (χ0v) is 40.7. The summed E-state index contributed by atoms with van der Waals surface area (Å²) in [5.41, 5.74) is -0.188. The van der Waals surface area contributed by atoms with Crippen molar-refractivity contribution < 1.29 is 48.4 Å². The molecule has 2 amide bonds. The zero-order valence-electron chi connectivity index (χ0n) is 31.0. The molecule has 0 spiro atoms. The number of amides is 2. The van der Waals surface area contributed by atoms with Crippen molar-refractivity contribution in [1.29, 1.82) is 0 Å². The Labute approximate surface area is 333 Å². The van der Waals surface area contributed by atoms with Gasteiger partial charge in [0.2, 0.25) is 18.1 Å². The minimum atomic E-state index is -1.20. The van der Waals surface area contributed by atoms with Crippen molar-refractivity contribution >= 4 is 105 Å². The Kier molecular flexibility index (Phi) is 29.1. The monoisotopic (exact) mass is 1050 g/mol. The maximum absolute atomic E-state index is 11.4. The molecule has 2 saturated heterocycles. The number of aliphatic carboxylic acids is 2. The Hall–Kier alpha value is 0.280. The number of carbonyl (C=O) groups is 5. The van der Waals surface area contributed by atoms with E-state index < -0.39 is 44.6 Å². The van der Waals surface area contributed by atoms with Crippen LogP contribution in [0.5, 0.6) is 0 Å². The molecule has 18 heteroatoms. The summed E-state index contributed by atoms with van der Waals surface area (Å²) in [5.74, 6) is -0.895. The number of rotatable bonds is 11. The van der Waals surface area contributed by atoms with Crippen LogP contribution in [-0.4, -0.2) is 102 Å². The third kappa shape index (κ3) is 21.2. The van der Waals surface area contributed by atoms with Crippen molar-refractivity contribution in [3.63, 3.8) is 0 Å². The maximum atomic E-state index is 11.4. The molecule has 2 aliphatic heterocycles. The van der Waals surface area contributed by atoms with Crippen LogP contribution < -0.4 is 10.6 Å². The van der Waals surface area contributed by atoms with Gasteiger partial charge in [-0.3, -0.25) is 24.0 Å². The van der Waals surface area contributed by atoms with E-state index in [4.69, 9.17) is 24.4 Å². The van der Waals surface area contributed by atoms with Gasteiger partial charge in [0.25, 0.3) is 0 Å². The van der Waals surface area contributed by atoms with Gasteiger partial charge in [0.05, 0.1) is 36.1 Å². The van der Waals surface area contributed by atoms with Crippen molar-refractivity contribution in [2.75, 3.05) is 11.5 Å². The molecule has 0 bridgehead atoms. The molecule has 0 aromatic carbocycles. The van der Waals surface area contributed by atoms with Crippen LogP contribution in [0.3, 0.4) is 0 Å². The summed E-state index contributed by atoms with van der Waals surface area (Å²) < 4.78 is 17.1. The first-order chi connectivity index (χ1) is 23.0. The van der Waals surface area contributed by atoms with Gasteiger partial charge in [-0.25, -0.2) is 0 Å². The molecule has 12 atom stereocenters. The number of ether oxygens (including phenoxy) is 3. The van der Waals surface area contributed by atoms with E-state index in [-0.39, 0.29) is 53.4 Å². The Morgan fingerprint density at radius 1 is 0.780 bits per heavy atom. The third-order valence-corrected chi connectivity index (χ3v) is 10.6. The van der Waals surface area contributed by atoms with Crippen molar-refractivity contribution in [3.8, 4) is 0 Å². The SMILES string of the molecule is CCC1O[C@@H](OC(C)=O)C(NC(C)=O)[C@@H](C)[C@@H]1C.CCC1O[C@@H](SC[C@H](C)C(=O)O)C(NC(C)=O)[C@@H](C)[C@@H]1C.C[C@@H](CS)C(=O)O.[Br][In]([Br])[Br]. The van der Waals surface area contributed by atoms with E-state index in [1.165, 1.54) is 32.5 Å². The summed E-state index contributed by atoms with van der Waals surface area (Å²) in [7, 11) is 0.